The number of rotatable bonds is 9. The smallest absolute Gasteiger partial charge is 0.344 e. The molecule has 0 heterocycles. The summed E-state index contributed by atoms with van der Waals surface area (Å²) in [4.78, 5) is 36.0. The minimum absolute atomic E-state index is 0.0212. The third-order valence-corrected chi connectivity index (χ3v) is 4.54. The first kappa shape index (κ1) is 23.9. The molecule has 31 heavy (non-hydrogen) atoms. The summed E-state index contributed by atoms with van der Waals surface area (Å²) < 4.78 is 15.1. The Balaban J connectivity index is 1.79. The third-order valence-electron chi connectivity index (χ3n) is 4.54. The molecule has 1 unspecified atom stereocenters. The van der Waals surface area contributed by atoms with Gasteiger partial charge in [-0.15, -0.1) is 0 Å². The van der Waals surface area contributed by atoms with Crippen LogP contribution in [0.1, 0.15) is 31.9 Å². The highest BCUT2D eigenvalue weighted by molar-refractivity contribution is 5.86. The zero-order valence-corrected chi connectivity index (χ0v) is 18.3. The molecule has 7 nitrogen and oxygen atoms in total. The quantitative estimate of drug-likeness (QED) is 0.619. The summed E-state index contributed by atoms with van der Waals surface area (Å²) >= 11 is 0. The Morgan fingerprint density at radius 3 is 2.16 bits per heavy atom. The summed E-state index contributed by atoms with van der Waals surface area (Å²) in [5.41, 5.74) is 2.03. The van der Waals surface area contributed by atoms with E-state index >= 15 is 0 Å². The van der Waals surface area contributed by atoms with E-state index in [1.54, 1.807) is 12.1 Å². The first-order chi connectivity index (χ1) is 14.7. The van der Waals surface area contributed by atoms with Crippen LogP contribution in [-0.4, -0.2) is 44.2 Å². The number of hydrogen-bond acceptors (Lipinski definition) is 6. The first-order valence-electron chi connectivity index (χ1n) is 9.99. The van der Waals surface area contributed by atoms with E-state index in [1.807, 2.05) is 42.5 Å². The van der Waals surface area contributed by atoms with E-state index in [0.717, 1.165) is 11.1 Å². The maximum absolute atomic E-state index is 12.1. The molecule has 2 aromatic carbocycles. The van der Waals surface area contributed by atoms with Gasteiger partial charge in [0.05, 0.1) is 7.11 Å². The number of carbonyl (C=O) groups excluding carboxylic acids is 3. The Labute approximate surface area is 182 Å². The van der Waals surface area contributed by atoms with Crippen molar-refractivity contribution in [3.63, 3.8) is 0 Å². The Morgan fingerprint density at radius 2 is 1.58 bits per heavy atom. The van der Waals surface area contributed by atoms with Gasteiger partial charge in [-0.05, 0) is 28.7 Å². The second kappa shape index (κ2) is 11.2. The van der Waals surface area contributed by atoms with Gasteiger partial charge in [-0.25, -0.2) is 9.59 Å². The molecule has 0 aromatic heterocycles. The van der Waals surface area contributed by atoms with Crippen LogP contribution in [0.4, 0.5) is 0 Å². The number of amides is 1. The van der Waals surface area contributed by atoms with Crippen LogP contribution in [-0.2, 0) is 35.7 Å². The van der Waals surface area contributed by atoms with Crippen LogP contribution in [0.5, 0.6) is 5.75 Å². The molecule has 166 valence electrons. The van der Waals surface area contributed by atoms with Crippen molar-refractivity contribution in [1.82, 2.24) is 5.32 Å². The standard InChI is InChI=1S/C24H29NO6/c1-24(2,3)18-10-12-19(13-11-18)30-16-22(27)31-15-21(26)25-20(23(28)29-4)14-17-8-6-5-7-9-17/h5-13,20H,14-16H2,1-4H3,(H,25,26). The predicted molar refractivity (Wildman–Crippen MR) is 116 cm³/mol. The maximum Gasteiger partial charge on any atom is 0.344 e. The molecular weight excluding hydrogens is 398 g/mol. The van der Waals surface area contributed by atoms with E-state index in [1.165, 1.54) is 7.11 Å². The van der Waals surface area contributed by atoms with Gasteiger partial charge in [-0.3, -0.25) is 4.79 Å². The Kier molecular flexibility index (Phi) is 8.61. The van der Waals surface area contributed by atoms with E-state index in [-0.39, 0.29) is 18.4 Å². The predicted octanol–water partition coefficient (Wildman–Crippen LogP) is 2.81. The molecular formula is C24H29NO6. The first-order valence-corrected chi connectivity index (χ1v) is 9.99. The van der Waals surface area contributed by atoms with Gasteiger partial charge in [0.1, 0.15) is 11.8 Å². The van der Waals surface area contributed by atoms with Gasteiger partial charge in [-0.2, -0.15) is 0 Å². The van der Waals surface area contributed by atoms with E-state index in [2.05, 4.69) is 26.1 Å². The van der Waals surface area contributed by atoms with Crippen molar-refractivity contribution < 1.29 is 28.6 Å². The molecule has 1 N–H and O–H groups in total. The lowest BCUT2D eigenvalue weighted by Gasteiger charge is -2.19. The molecule has 0 fully saturated rings. The molecule has 0 saturated carbocycles. The summed E-state index contributed by atoms with van der Waals surface area (Å²) in [7, 11) is 1.25. The second-order valence-electron chi connectivity index (χ2n) is 8.06. The highest BCUT2D eigenvalue weighted by atomic mass is 16.6. The van der Waals surface area contributed by atoms with Gasteiger partial charge in [0.2, 0.25) is 0 Å². The van der Waals surface area contributed by atoms with Crippen molar-refractivity contribution in [3.8, 4) is 5.75 Å². The molecule has 0 aliphatic carbocycles. The zero-order valence-electron chi connectivity index (χ0n) is 18.3. The second-order valence-corrected chi connectivity index (χ2v) is 8.06. The third kappa shape index (κ3) is 8.12. The summed E-state index contributed by atoms with van der Waals surface area (Å²) in [5.74, 6) is -1.34. The SMILES string of the molecule is COC(=O)C(Cc1ccccc1)NC(=O)COC(=O)COc1ccc(C(C)(C)C)cc1. The maximum atomic E-state index is 12.1. The van der Waals surface area contributed by atoms with Crippen molar-refractivity contribution in [2.24, 2.45) is 0 Å². The topological polar surface area (TPSA) is 90.9 Å². The molecule has 2 rings (SSSR count). The highest BCUT2D eigenvalue weighted by Crippen LogP contribution is 2.24. The van der Waals surface area contributed by atoms with Gasteiger partial charge < -0.3 is 19.5 Å². The largest absolute Gasteiger partial charge is 0.482 e. The molecule has 0 aliphatic rings. The van der Waals surface area contributed by atoms with Crippen molar-refractivity contribution in [1.29, 1.82) is 0 Å². The fourth-order valence-corrected chi connectivity index (χ4v) is 2.80. The normalized spacial score (nSPS) is 11.9. The Morgan fingerprint density at radius 1 is 0.935 bits per heavy atom. The molecule has 0 radical (unpaired) electrons. The van der Waals surface area contributed by atoms with Crippen LogP contribution < -0.4 is 10.1 Å². The van der Waals surface area contributed by atoms with Crippen molar-refractivity contribution >= 4 is 17.8 Å². The van der Waals surface area contributed by atoms with Crippen LogP contribution in [0.15, 0.2) is 54.6 Å². The van der Waals surface area contributed by atoms with Crippen LogP contribution in [0.2, 0.25) is 0 Å². The zero-order chi connectivity index (χ0) is 22.9. The number of carbonyl (C=O) groups is 3. The van der Waals surface area contributed by atoms with E-state index in [4.69, 9.17) is 14.2 Å². The summed E-state index contributed by atoms with van der Waals surface area (Å²) in [6.07, 6.45) is 0.265. The molecule has 2 aromatic rings. The number of hydrogen-bond donors (Lipinski definition) is 1. The lowest BCUT2D eigenvalue weighted by atomic mass is 9.87. The van der Waals surface area contributed by atoms with Gasteiger partial charge >= 0.3 is 11.9 Å². The van der Waals surface area contributed by atoms with E-state index < -0.39 is 30.5 Å². The highest BCUT2D eigenvalue weighted by Gasteiger charge is 2.22. The molecule has 0 bridgehead atoms. The number of ether oxygens (including phenoxy) is 3. The molecule has 0 aliphatic heterocycles. The average molecular weight is 427 g/mol. The van der Waals surface area contributed by atoms with Crippen LogP contribution in [0.3, 0.4) is 0 Å². The van der Waals surface area contributed by atoms with E-state index in [0.29, 0.717) is 5.75 Å². The summed E-state index contributed by atoms with van der Waals surface area (Å²) in [6, 6.07) is 15.8. The Hall–Kier alpha value is -3.35. The van der Waals surface area contributed by atoms with Gasteiger partial charge in [-0.1, -0.05) is 63.2 Å². The summed E-state index contributed by atoms with van der Waals surface area (Å²) in [5, 5.41) is 2.53. The number of methoxy groups -OCH3 is 1. The van der Waals surface area contributed by atoms with Crippen LogP contribution in [0.25, 0.3) is 0 Å². The van der Waals surface area contributed by atoms with Crippen molar-refractivity contribution in [3.05, 3.63) is 65.7 Å². The minimum atomic E-state index is -0.879. The minimum Gasteiger partial charge on any atom is -0.482 e. The number of benzene rings is 2. The van der Waals surface area contributed by atoms with Crippen LogP contribution in [0, 0.1) is 0 Å². The van der Waals surface area contributed by atoms with Gasteiger partial charge in [0.25, 0.3) is 5.91 Å². The fourth-order valence-electron chi connectivity index (χ4n) is 2.80. The molecule has 1 atom stereocenters. The van der Waals surface area contributed by atoms with E-state index in [9.17, 15) is 14.4 Å². The lowest BCUT2D eigenvalue weighted by molar-refractivity contribution is -0.151. The molecule has 1 amide bonds. The average Bonchev–Trinajstić information content (AvgIpc) is 2.75. The molecule has 0 saturated heterocycles. The molecule has 0 spiro atoms. The van der Waals surface area contributed by atoms with Gasteiger partial charge in [0, 0.05) is 6.42 Å². The number of nitrogens with one attached hydrogen (secondary N) is 1. The van der Waals surface area contributed by atoms with Crippen molar-refractivity contribution in [2.75, 3.05) is 20.3 Å². The van der Waals surface area contributed by atoms with Gasteiger partial charge in [0.15, 0.2) is 13.2 Å². The molecule has 7 heteroatoms. The fraction of sp³-hybridized carbons (Fsp3) is 0.375. The summed E-state index contributed by atoms with van der Waals surface area (Å²) in [6.45, 7) is 5.47. The monoisotopic (exact) mass is 427 g/mol. The lowest BCUT2D eigenvalue weighted by Crippen LogP contribution is -2.44. The van der Waals surface area contributed by atoms with Crippen molar-refractivity contribution in [2.45, 2.75) is 38.6 Å². The van der Waals surface area contributed by atoms with Crippen LogP contribution >= 0.6 is 0 Å². The number of esters is 2. The Bertz CT molecular complexity index is 871.